The Labute approximate surface area is 144 Å². The summed E-state index contributed by atoms with van der Waals surface area (Å²) in [6.07, 6.45) is 0.221. The van der Waals surface area contributed by atoms with E-state index in [1.54, 1.807) is 13.2 Å². The van der Waals surface area contributed by atoms with Crippen molar-refractivity contribution in [3.63, 3.8) is 0 Å². The van der Waals surface area contributed by atoms with Gasteiger partial charge in [-0.2, -0.15) is 0 Å². The summed E-state index contributed by atoms with van der Waals surface area (Å²) >= 11 is 1.51. The first-order chi connectivity index (χ1) is 11.6. The van der Waals surface area contributed by atoms with Crippen molar-refractivity contribution in [1.29, 1.82) is 0 Å². The molecule has 6 heteroatoms. The Kier molecular flexibility index (Phi) is 4.76. The van der Waals surface area contributed by atoms with Gasteiger partial charge in [0, 0.05) is 16.1 Å². The Morgan fingerprint density at radius 2 is 2.08 bits per heavy atom. The minimum atomic E-state index is -0.136. The van der Waals surface area contributed by atoms with Crippen LogP contribution < -0.4 is 15.4 Å². The summed E-state index contributed by atoms with van der Waals surface area (Å²) < 4.78 is 5.26. The molecule has 0 saturated heterocycles. The SMILES string of the molecule is COc1ccccc1CC(=O)Nc1ccc2c(c1)NC(=O)C(C)S2. The van der Waals surface area contributed by atoms with Gasteiger partial charge in [-0.25, -0.2) is 0 Å². The van der Waals surface area contributed by atoms with Crippen molar-refractivity contribution in [3.05, 3.63) is 48.0 Å². The van der Waals surface area contributed by atoms with Crippen molar-refractivity contribution in [2.24, 2.45) is 0 Å². The predicted molar refractivity (Wildman–Crippen MR) is 95.7 cm³/mol. The van der Waals surface area contributed by atoms with Crippen molar-refractivity contribution in [2.75, 3.05) is 17.7 Å². The lowest BCUT2D eigenvalue weighted by molar-refractivity contribution is -0.116. The van der Waals surface area contributed by atoms with E-state index in [1.807, 2.05) is 43.3 Å². The van der Waals surface area contributed by atoms with Crippen LogP contribution >= 0.6 is 11.8 Å². The molecule has 0 bridgehead atoms. The molecule has 3 rings (SSSR count). The molecule has 2 aromatic carbocycles. The van der Waals surface area contributed by atoms with E-state index >= 15 is 0 Å². The van der Waals surface area contributed by atoms with Gasteiger partial charge in [0.1, 0.15) is 5.75 Å². The second kappa shape index (κ2) is 6.97. The van der Waals surface area contributed by atoms with Crippen molar-refractivity contribution in [3.8, 4) is 5.75 Å². The van der Waals surface area contributed by atoms with Crippen molar-refractivity contribution in [2.45, 2.75) is 23.5 Å². The van der Waals surface area contributed by atoms with Crippen molar-refractivity contribution >= 4 is 35.0 Å². The third-order valence-corrected chi connectivity index (χ3v) is 4.92. The summed E-state index contributed by atoms with van der Waals surface area (Å²) in [7, 11) is 1.58. The lowest BCUT2D eigenvalue weighted by Crippen LogP contribution is -2.26. The highest BCUT2D eigenvalue weighted by Crippen LogP contribution is 2.37. The standard InChI is InChI=1S/C18H18N2O3S/c1-11-18(22)20-14-10-13(7-8-16(14)24-11)19-17(21)9-12-5-3-4-6-15(12)23-2/h3-8,10-11H,9H2,1-2H3,(H,19,21)(H,20,22). The first-order valence-electron chi connectivity index (χ1n) is 7.60. The van der Waals surface area contributed by atoms with E-state index in [9.17, 15) is 9.59 Å². The van der Waals surface area contributed by atoms with Gasteiger partial charge in [0.05, 0.1) is 24.5 Å². The van der Waals surface area contributed by atoms with Gasteiger partial charge in [-0.3, -0.25) is 9.59 Å². The summed E-state index contributed by atoms with van der Waals surface area (Å²) in [4.78, 5) is 25.0. The monoisotopic (exact) mass is 342 g/mol. The first kappa shape index (κ1) is 16.4. The summed E-state index contributed by atoms with van der Waals surface area (Å²) in [5.74, 6) is 0.531. The molecule has 2 N–H and O–H groups in total. The third-order valence-electron chi connectivity index (χ3n) is 3.74. The molecule has 0 radical (unpaired) electrons. The zero-order chi connectivity index (χ0) is 17.1. The number of rotatable bonds is 4. The molecule has 124 valence electrons. The van der Waals surface area contributed by atoms with Crippen LogP contribution in [-0.2, 0) is 16.0 Å². The number of nitrogens with one attached hydrogen (secondary N) is 2. The quantitative estimate of drug-likeness (QED) is 0.894. The van der Waals surface area contributed by atoms with E-state index in [-0.39, 0.29) is 23.5 Å². The number of carbonyl (C=O) groups excluding carboxylic acids is 2. The molecule has 5 nitrogen and oxygen atoms in total. The Morgan fingerprint density at radius 1 is 1.29 bits per heavy atom. The summed E-state index contributed by atoms with van der Waals surface area (Å²) in [6.45, 7) is 1.87. The van der Waals surface area contributed by atoms with Crippen molar-refractivity contribution < 1.29 is 14.3 Å². The summed E-state index contributed by atoms with van der Waals surface area (Å²) in [5.41, 5.74) is 2.22. The number of methoxy groups -OCH3 is 1. The van der Waals surface area contributed by atoms with Gasteiger partial charge in [0.25, 0.3) is 0 Å². The molecule has 1 aliphatic rings. The largest absolute Gasteiger partial charge is 0.496 e. The highest BCUT2D eigenvalue weighted by molar-refractivity contribution is 8.00. The van der Waals surface area contributed by atoms with Crippen LogP contribution in [0.4, 0.5) is 11.4 Å². The van der Waals surface area contributed by atoms with E-state index < -0.39 is 0 Å². The molecule has 0 fully saturated rings. The van der Waals surface area contributed by atoms with Gasteiger partial charge in [-0.05, 0) is 31.2 Å². The Hall–Kier alpha value is -2.47. The van der Waals surface area contributed by atoms with E-state index in [0.29, 0.717) is 11.4 Å². The molecule has 0 aromatic heterocycles. The molecule has 1 atom stereocenters. The summed E-state index contributed by atoms with van der Waals surface area (Å²) in [5, 5.41) is 5.62. The second-order valence-corrected chi connectivity index (χ2v) is 6.88. The zero-order valence-electron chi connectivity index (χ0n) is 13.5. The molecule has 1 unspecified atom stereocenters. The predicted octanol–water partition coefficient (Wildman–Crippen LogP) is 3.31. The van der Waals surface area contributed by atoms with E-state index in [1.165, 1.54) is 11.8 Å². The molecular weight excluding hydrogens is 324 g/mol. The van der Waals surface area contributed by atoms with Gasteiger partial charge in [-0.15, -0.1) is 11.8 Å². The number of para-hydroxylation sites is 1. The highest BCUT2D eigenvalue weighted by Gasteiger charge is 2.23. The average molecular weight is 342 g/mol. The molecule has 2 amide bonds. The van der Waals surface area contributed by atoms with Crippen LogP contribution in [0.2, 0.25) is 0 Å². The number of ether oxygens (including phenoxy) is 1. The molecule has 1 aliphatic heterocycles. The maximum absolute atomic E-state index is 12.3. The Bertz CT molecular complexity index is 792. The number of thioether (sulfide) groups is 1. The Balaban J connectivity index is 1.71. The van der Waals surface area contributed by atoms with Gasteiger partial charge in [-0.1, -0.05) is 18.2 Å². The fourth-order valence-electron chi connectivity index (χ4n) is 2.51. The second-order valence-electron chi connectivity index (χ2n) is 5.50. The maximum atomic E-state index is 12.3. The van der Waals surface area contributed by atoms with Crippen LogP contribution in [0, 0.1) is 0 Å². The van der Waals surface area contributed by atoms with Crippen molar-refractivity contribution in [1.82, 2.24) is 0 Å². The number of anilines is 2. The van der Waals surface area contributed by atoms with E-state index in [2.05, 4.69) is 10.6 Å². The van der Waals surface area contributed by atoms with Crippen LogP contribution in [0.15, 0.2) is 47.4 Å². The van der Waals surface area contributed by atoms with Crippen LogP contribution in [-0.4, -0.2) is 24.2 Å². The molecule has 0 saturated carbocycles. The minimum Gasteiger partial charge on any atom is -0.496 e. The van der Waals surface area contributed by atoms with E-state index in [4.69, 9.17) is 4.74 Å². The van der Waals surface area contributed by atoms with Gasteiger partial charge in [0.15, 0.2) is 0 Å². The lowest BCUT2D eigenvalue weighted by atomic mass is 10.1. The van der Waals surface area contributed by atoms with Gasteiger partial charge >= 0.3 is 0 Å². The van der Waals surface area contributed by atoms with Gasteiger partial charge in [0.2, 0.25) is 11.8 Å². The topological polar surface area (TPSA) is 67.4 Å². The Morgan fingerprint density at radius 3 is 2.88 bits per heavy atom. The number of amides is 2. The third kappa shape index (κ3) is 3.54. The number of benzene rings is 2. The molecule has 0 aliphatic carbocycles. The van der Waals surface area contributed by atoms with Crippen LogP contribution in [0.25, 0.3) is 0 Å². The zero-order valence-corrected chi connectivity index (χ0v) is 14.3. The molecule has 0 spiro atoms. The molecule has 1 heterocycles. The lowest BCUT2D eigenvalue weighted by Gasteiger charge is -2.22. The number of carbonyl (C=O) groups is 2. The molecule has 24 heavy (non-hydrogen) atoms. The van der Waals surface area contributed by atoms with Crippen LogP contribution in [0.1, 0.15) is 12.5 Å². The minimum absolute atomic E-state index is 0.0231. The van der Waals surface area contributed by atoms with Crippen LogP contribution in [0.5, 0.6) is 5.75 Å². The smallest absolute Gasteiger partial charge is 0.237 e. The van der Waals surface area contributed by atoms with Crippen LogP contribution in [0.3, 0.4) is 0 Å². The normalized spacial score (nSPS) is 16.1. The average Bonchev–Trinajstić information content (AvgIpc) is 2.56. The maximum Gasteiger partial charge on any atom is 0.237 e. The van der Waals surface area contributed by atoms with Gasteiger partial charge < -0.3 is 15.4 Å². The van der Waals surface area contributed by atoms with E-state index in [0.717, 1.165) is 16.1 Å². The number of hydrogen-bond acceptors (Lipinski definition) is 4. The molecular formula is C18H18N2O3S. The number of fused-ring (bicyclic) bond motifs is 1. The first-order valence-corrected chi connectivity index (χ1v) is 8.48. The molecule has 2 aromatic rings. The highest BCUT2D eigenvalue weighted by atomic mass is 32.2. The fraction of sp³-hybridized carbons (Fsp3) is 0.222. The number of hydrogen-bond donors (Lipinski definition) is 2. The summed E-state index contributed by atoms with van der Waals surface area (Å²) in [6, 6.07) is 13.0. The fourth-order valence-corrected chi connectivity index (χ4v) is 3.44.